The summed E-state index contributed by atoms with van der Waals surface area (Å²) in [4.78, 5) is 14.6. The van der Waals surface area contributed by atoms with Crippen molar-refractivity contribution in [2.24, 2.45) is 0 Å². The van der Waals surface area contributed by atoms with Crippen LogP contribution in [0.1, 0.15) is 19.3 Å². The number of hydrogen-bond acceptors (Lipinski definition) is 3. The van der Waals surface area contributed by atoms with Crippen LogP contribution in [-0.2, 0) is 4.57 Å². The van der Waals surface area contributed by atoms with Crippen molar-refractivity contribution in [1.82, 2.24) is 4.90 Å². The number of benzene rings is 1. The van der Waals surface area contributed by atoms with Crippen LogP contribution in [0.15, 0.2) is 42.6 Å². The Hall–Kier alpha value is 0.327. The average Bonchev–Trinajstić information content (AvgIpc) is 2.54. The first-order chi connectivity index (χ1) is 10.5. The first-order valence-corrected chi connectivity index (χ1v) is 12.9. The van der Waals surface area contributed by atoms with Gasteiger partial charge in [-0.15, -0.1) is 6.58 Å². The van der Waals surface area contributed by atoms with Gasteiger partial charge in [0.25, 0.3) is 0 Å². The summed E-state index contributed by atoms with van der Waals surface area (Å²) in [5.74, 6) is 0. The maximum absolute atomic E-state index is 12.5. The van der Waals surface area contributed by atoms with Gasteiger partial charge in [0.1, 0.15) is 8.07 Å². The molecule has 0 N–H and O–H groups in total. The van der Waals surface area contributed by atoms with Gasteiger partial charge in [-0.25, -0.2) is 0 Å². The Bertz CT molecular complexity index is 537. The van der Waals surface area contributed by atoms with E-state index in [0.717, 1.165) is 32.0 Å². The van der Waals surface area contributed by atoms with Crippen LogP contribution in [-0.4, -0.2) is 38.5 Å². The first kappa shape index (κ1) is 21.4. The van der Waals surface area contributed by atoms with Crippen LogP contribution in [0.5, 0.6) is 0 Å². The zero-order chi connectivity index (χ0) is 16.1. The topological polar surface area (TPSA) is 43.4 Å². The van der Waals surface area contributed by atoms with E-state index in [1.165, 1.54) is 11.6 Å². The summed E-state index contributed by atoms with van der Waals surface area (Å²) in [6.07, 6.45) is 4.04. The number of likely N-dealkylation sites (tertiary alicyclic amines) is 1. The fourth-order valence-electron chi connectivity index (χ4n) is 3.06. The van der Waals surface area contributed by atoms with Crippen molar-refractivity contribution in [1.29, 1.82) is 0 Å². The molecule has 2 atom stereocenters. The maximum atomic E-state index is 12.5. The molecule has 0 saturated carbocycles. The Morgan fingerprint density at radius 3 is 2.43 bits per heavy atom. The third-order valence-corrected chi connectivity index (χ3v) is 10.7. The molecule has 1 saturated heterocycles. The van der Waals surface area contributed by atoms with Gasteiger partial charge in [-0.05, 0) is 38.1 Å². The van der Waals surface area contributed by atoms with Gasteiger partial charge in [-0.1, -0.05) is 54.2 Å². The molecule has 1 aliphatic heterocycles. The first-order valence-electron chi connectivity index (χ1n) is 8.16. The fourth-order valence-corrected chi connectivity index (χ4v) is 9.00. The van der Waals surface area contributed by atoms with Crippen molar-refractivity contribution in [2.45, 2.75) is 31.9 Å². The molecule has 0 aliphatic carbocycles. The van der Waals surface area contributed by atoms with Gasteiger partial charge in [0.2, 0.25) is 0 Å². The molecule has 1 aromatic rings. The molecule has 2 unspecified atom stereocenters. The molecule has 1 fully saturated rings. The van der Waals surface area contributed by atoms with E-state index in [-0.39, 0.29) is 35.8 Å². The SMILES string of the molecule is C=C[Si](C)(CCP(=O)([O-])CN1CCCCC1)c1ccccc1.[Na+]. The van der Waals surface area contributed by atoms with E-state index < -0.39 is 15.4 Å². The van der Waals surface area contributed by atoms with E-state index in [1.54, 1.807) is 0 Å². The minimum absolute atomic E-state index is 0. The molecular weight excluding hydrogens is 332 g/mol. The summed E-state index contributed by atoms with van der Waals surface area (Å²) in [6.45, 7) is 8.05. The third kappa shape index (κ3) is 6.62. The van der Waals surface area contributed by atoms with Crippen LogP contribution >= 0.6 is 7.37 Å². The van der Waals surface area contributed by atoms with E-state index >= 15 is 0 Å². The van der Waals surface area contributed by atoms with E-state index in [0.29, 0.717) is 6.16 Å². The van der Waals surface area contributed by atoms with E-state index in [2.05, 4.69) is 30.2 Å². The number of rotatable bonds is 7. The Balaban J connectivity index is 0.00000264. The minimum Gasteiger partial charge on any atom is -0.798 e. The number of nitrogens with zero attached hydrogens (tertiary/aromatic N) is 1. The Morgan fingerprint density at radius 2 is 1.87 bits per heavy atom. The molecule has 6 heteroatoms. The van der Waals surface area contributed by atoms with Crippen molar-refractivity contribution in [3.05, 3.63) is 42.6 Å². The van der Waals surface area contributed by atoms with Gasteiger partial charge in [0.05, 0.1) is 0 Å². The summed E-state index contributed by atoms with van der Waals surface area (Å²) in [7, 11) is -5.23. The van der Waals surface area contributed by atoms with Gasteiger partial charge >= 0.3 is 29.6 Å². The monoisotopic (exact) mass is 359 g/mol. The zero-order valence-corrected chi connectivity index (χ0v) is 18.4. The molecular formula is C17H27NNaO2PSi. The molecule has 122 valence electrons. The van der Waals surface area contributed by atoms with Crippen LogP contribution in [0.25, 0.3) is 0 Å². The second-order valence-corrected chi connectivity index (χ2v) is 13.3. The van der Waals surface area contributed by atoms with E-state index in [4.69, 9.17) is 0 Å². The van der Waals surface area contributed by atoms with Crippen molar-refractivity contribution in [3.8, 4) is 0 Å². The van der Waals surface area contributed by atoms with E-state index in [1.807, 2.05) is 23.9 Å². The van der Waals surface area contributed by atoms with E-state index in [9.17, 15) is 9.46 Å². The van der Waals surface area contributed by atoms with Crippen molar-refractivity contribution >= 4 is 20.6 Å². The average molecular weight is 359 g/mol. The molecule has 0 radical (unpaired) electrons. The molecule has 23 heavy (non-hydrogen) atoms. The summed E-state index contributed by atoms with van der Waals surface area (Å²) >= 11 is 0. The van der Waals surface area contributed by atoms with Crippen molar-refractivity contribution < 1.29 is 39.0 Å². The predicted octanol–water partition coefficient (Wildman–Crippen LogP) is -0.217. The second kappa shape index (κ2) is 9.72. The molecule has 2 rings (SSSR count). The van der Waals surface area contributed by atoms with Crippen molar-refractivity contribution in [2.75, 3.05) is 25.5 Å². The van der Waals surface area contributed by atoms with Crippen LogP contribution in [0.2, 0.25) is 12.6 Å². The predicted molar refractivity (Wildman–Crippen MR) is 95.5 cm³/mol. The normalized spacial score (nSPS) is 20.8. The second-order valence-electron chi connectivity index (χ2n) is 6.60. The summed E-state index contributed by atoms with van der Waals surface area (Å²) in [6, 6.07) is 11.0. The van der Waals surface area contributed by atoms with Gasteiger partial charge in [-0.2, -0.15) is 0 Å². The van der Waals surface area contributed by atoms with Crippen LogP contribution in [0.4, 0.5) is 0 Å². The van der Waals surface area contributed by atoms with Gasteiger partial charge < -0.3 is 9.46 Å². The standard InChI is InChI=1S/C17H28NO2PSi.Na/c1-3-22(2,17-10-6-4-7-11-17)15-14-21(19,20)16-18-12-8-5-9-13-18;/h3-4,6-7,10-11H,1,5,8-9,12-16H2,2H3,(H,19,20);/q;+1/p-1. The summed E-state index contributed by atoms with van der Waals surface area (Å²) < 4.78 is 12.5. The molecule has 1 aliphatic rings. The van der Waals surface area contributed by atoms with Gasteiger partial charge in [0, 0.05) is 13.7 Å². The summed E-state index contributed by atoms with van der Waals surface area (Å²) in [5.41, 5.74) is 2.02. The maximum Gasteiger partial charge on any atom is 1.00 e. The third-order valence-electron chi connectivity index (χ3n) is 4.72. The molecule has 1 heterocycles. The molecule has 0 amide bonds. The quantitative estimate of drug-likeness (QED) is 0.500. The number of piperidine rings is 1. The largest absolute Gasteiger partial charge is 1.00 e. The molecule has 0 aromatic heterocycles. The molecule has 1 aromatic carbocycles. The summed E-state index contributed by atoms with van der Waals surface area (Å²) in [5, 5.41) is 1.27. The van der Waals surface area contributed by atoms with Crippen molar-refractivity contribution in [3.63, 3.8) is 0 Å². The number of hydrogen-bond donors (Lipinski definition) is 0. The molecule has 3 nitrogen and oxygen atoms in total. The van der Waals surface area contributed by atoms with Gasteiger partial charge in [-0.3, -0.25) is 4.90 Å². The minimum atomic E-state index is -3.33. The Morgan fingerprint density at radius 1 is 1.26 bits per heavy atom. The van der Waals surface area contributed by atoms with Crippen LogP contribution < -0.4 is 39.6 Å². The van der Waals surface area contributed by atoms with Gasteiger partial charge in [0.15, 0.2) is 0 Å². The Labute approximate surface area is 163 Å². The smallest absolute Gasteiger partial charge is 0.798 e. The Kier molecular flexibility index (Phi) is 9.03. The zero-order valence-electron chi connectivity index (χ0n) is 14.5. The molecule has 0 spiro atoms. The van der Waals surface area contributed by atoms with Crippen LogP contribution in [0.3, 0.4) is 0 Å². The molecule has 0 bridgehead atoms. The fraction of sp³-hybridized carbons (Fsp3) is 0.529. The van der Waals surface area contributed by atoms with Crippen LogP contribution in [0, 0.1) is 0 Å².